The van der Waals surface area contributed by atoms with Crippen molar-refractivity contribution < 1.29 is 27.8 Å². The first-order chi connectivity index (χ1) is 29.2. The van der Waals surface area contributed by atoms with E-state index in [0.717, 1.165) is 47.5 Å². The van der Waals surface area contributed by atoms with Gasteiger partial charge in [-0.2, -0.15) is 4.72 Å². The SMILES string of the molecule is CCCCCCCCN(CCCCCCCC)C[C@@H]1C[C@H](c2ccc(CO)cc2)O[C@H](c2ccc(NC(=O)[C@@H](Cc3ccccc3)NS(=O)(=O)c3ccc(C)cc3)cc2)O1. The molecule has 0 aromatic heterocycles. The lowest BCUT2D eigenvalue weighted by molar-refractivity contribution is -0.253. The van der Waals surface area contributed by atoms with Gasteiger partial charge in [0.25, 0.3) is 0 Å². The van der Waals surface area contributed by atoms with Crippen molar-refractivity contribution in [3.8, 4) is 0 Å². The third-order valence-electron chi connectivity index (χ3n) is 11.4. The monoisotopic (exact) mass is 839 g/mol. The Labute approximate surface area is 360 Å². The largest absolute Gasteiger partial charge is 0.392 e. The molecule has 1 amide bonds. The Morgan fingerprint density at radius 2 is 1.30 bits per heavy atom. The number of nitrogens with zero attached hydrogens (tertiary/aromatic N) is 1. The maximum Gasteiger partial charge on any atom is 0.242 e. The number of benzene rings is 4. The first-order valence-electron chi connectivity index (χ1n) is 22.4. The molecule has 60 heavy (non-hydrogen) atoms. The van der Waals surface area contributed by atoms with Crippen LogP contribution in [0, 0.1) is 6.92 Å². The van der Waals surface area contributed by atoms with Crippen molar-refractivity contribution in [3.05, 3.63) is 131 Å². The van der Waals surface area contributed by atoms with Gasteiger partial charge in [-0.3, -0.25) is 4.79 Å². The Morgan fingerprint density at radius 1 is 0.717 bits per heavy atom. The maximum atomic E-state index is 13.8. The third kappa shape index (κ3) is 15.5. The highest BCUT2D eigenvalue weighted by Gasteiger charge is 2.33. The number of unbranched alkanes of at least 4 members (excludes halogenated alkanes) is 10. The summed E-state index contributed by atoms with van der Waals surface area (Å²) in [7, 11) is -3.98. The van der Waals surface area contributed by atoms with Gasteiger partial charge in [0.15, 0.2) is 6.29 Å². The van der Waals surface area contributed by atoms with Crippen molar-refractivity contribution in [3.63, 3.8) is 0 Å². The van der Waals surface area contributed by atoms with Crippen LogP contribution in [-0.2, 0) is 37.3 Å². The second kappa shape index (κ2) is 25.1. The number of nitrogens with one attached hydrogen (secondary N) is 2. The summed E-state index contributed by atoms with van der Waals surface area (Å²) in [6, 6.07) is 30.3. The number of carbonyl (C=O) groups excluding carboxylic acids is 1. The average molecular weight is 840 g/mol. The Morgan fingerprint density at radius 3 is 1.90 bits per heavy atom. The number of hydrogen-bond donors (Lipinski definition) is 3. The van der Waals surface area contributed by atoms with E-state index >= 15 is 0 Å². The van der Waals surface area contributed by atoms with Crippen LogP contribution in [0.25, 0.3) is 0 Å². The van der Waals surface area contributed by atoms with E-state index in [-0.39, 0.29) is 30.1 Å². The van der Waals surface area contributed by atoms with Crippen molar-refractivity contribution in [1.29, 1.82) is 0 Å². The van der Waals surface area contributed by atoms with Gasteiger partial charge in [-0.25, -0.2) is 8.42 Å². The number of aliphatic hydroxyl groups excluding tert-OH is 1. The number of carbonyl (C=O) groups is 1. The van der Waals surface area contributed by atoms with Crippen LogP contribution in [0.5, 0.6) is 0 Å². The normalized spacial score (nSPS) is 17.4. The minimum Gasteiger partial charge on any atom is -0.392 e. The zero-order valence-corrected chi connectivity index (χ0v) is 37.0. The first-order valence-corrected chi connectivity index (χ1v) is 23.9. The minimum atomic E-state index is -3.98. The molecule has 5 rings (SSSR count). The lowest BCUT2D eigenvalue weighted by atomic mass is 9.99. The van der Waals surface area contributed by atoms with Gasteiger partial charge < -0.3 is 24.8 Å². The van der Waals surface area contributed by atoms with Gasteiger partial charge in [-0.05, 0) is 80.2 Å². The molecule has 10 heteroatoms. The molecule has 0 saturated carbocycles. The van der Waals surface area contributed by atoms with E-state index in [1.165, 1.54) is 77.0 Å². The van der Waals surface area contributed by atoms with E-state index in [9.17, 15) is 18.3 Å². The molecule has 1 heterocycles. The number of aryl methyl sites for hydroxylation is 1. The molecule has 3 N–H and O–H groups in total. The van der Waals surface area contributed by atoms with Crippen molar-refractivity contribution in [2.75, 3.05) is 25.0 Å². The molecule has 1 aliphatic heterocycles. The summed E-state index contributed by atoms with van der Waals surface area (Å²) in [4.78, 5) is 16.5. The van der Waals surface area contributed by atoms with E-state index in [0.29, 0.717) is 12.1 Å². The van der Waals surface area contributed by atoms with Gasteiger partial charge in [0, 0.05) is 24.2 Å². The number of hydrogen-bond acceptors (Lipinski definition) is 7. The van der Waals surface area contributed by atoms with E-state index in [1.807, 2.05) is 85.8 Å². The number of sulfonamides is 1. The molecule has 0 radical (unpaired) electrons. The topological polar surface area (TPSA) is 117 Å². The van der Waals surface area contributed by atoms with Crippen LogP contribution >= 0.6 is 0 Å². The smallest absolute Gasteiger partial charge is 0.242 e. The number of ether oxygens (including phenoxy) is 2. The van der Waals surface area contributed by atoms with Gasteiger partial charge in [-0.15, -0.1) is 0 Å². The Balaban J connectivity index is 1.30. The predicted octanol–water partition coefficient (Wildman–Crippen LogP) is 10.6. The highest BCUT2D eigenvalue weighted by Crippen LogP contribution is 2.38. The third-order valence-corrected chi connectivity index (χ3v) is 12.9. The second-order valence-corrected chi connectivity index (χ2v) is 18.2. The van der Waals surface area contributed by atoms with Crippen LogP contribution < -0.4 is 10.0 Å². The summed E-state index contributed by atoms with van der Waals surface area (Å²) in [5.41, 5.74) is 5.04. The zero-order valence-electron chi connectivity index (χ0n) is 36.2. The van der Waals surface area contributed by atoms with E-state index < -0.39 is 28.3 Å². The molecule has 9 nitrogen and oxygen atoms in total. The Hall–Kier alpha value is -3.90. The highest BCUT2D eigenvalue weighted by atomic mass is 32.2. The van der Waals surface area contributed by atoms with E-state index in [1.54, 1.807) is 24.3 Å². The molecule has 1 aliphatic rings. The van der Waals surface area contributed by atoms with Crippen LogP contribution in [0.3, 0.4) is 0 Å². The summed E-state index contributed by atoms with van der Waals surface area (Å²) < 4.78 is 43.0. The molecule has 4 atom stereocenters. The minimum absolute atomic E-state index is 0.0134. The maximum absolute atomic E-state index is 13.8. The molecule has 4 aromatic carbocycles. The Bertz CT molecular complexity index is 1910. The summed E-state index contributed by atoms with van der Waals surface area (Å²) in [5.74, 6) is -0.463. The molecule has 0 unspecified atom stereocenters. The van der Waals surface area contributed by atoms with Gasteiger partial charge in [0.2, 0.25) is 15.9 Å². The molecule has 0 aliphatic carbocycles. The number of amides is 1. The van der Waals surface area contributed by atoms with Crippen molar-refractivity contribution >= 4 is 21.6 Å². The fourth-order valence-electron chi connectivity index (χ4n) is 7.81. The van der Waals surface area contributed by atoms with Crippen molar-refractivity contribution in [1.82, 2.24) is 9.62 Å². The summed E-state index contributed by atoms with van der Waals surface area (Å²) >= 11 is 0. The number of anilines is 1. The van der Waals surface area contributed by atoms with Crippen LogP contribution in [-0.4, -0.2) is 56.1 Å². The summed E-state index contributed by atoms with van der Waals surface area (Å²) in [6.45, 7) is 9.34. The van der Waals surface area contributed by atoms with Gasteiger partial charge in [0.1, 0.15) is 6.04 Å². The molecular weight excluding hydrogens is 771 g/mol. The molecule has 0 spiro atoms. The Kier molecular flexibility index (Phi) is 19.8. The van der Waals surface area contributed by atoms with Crippen LogP contribution in [0.15, 0.2) is 108 Å². The standard InChI is InChI=1S/C50H69N3O6S/c1-4-6-8-10-12-17-33-53(34-18-13-11-9-7-5-2)37-45-36-48(42-25-23-41(38-54)24-26-42)59-50(58-45)43-27-29-44(30-28-43)51-49(55)47(35-40-19-15-14-16-20-40)52-60(56,57)46-31-21-39(3)22-32-46/h14-16,19-32,45,47-48,50,52,54H,4-13,17-18,33-38H2,1-3H3,(H,51,55)/t45-,47+,48+,50+/m0/s1. The molecule has 4 aromatic rings. The highest BCUT2D eigenvalue weighted by molar-refractivity contribution is 7.89. The van der Waals surface area contributed by atoms with Gasteiger partial charge >= 0.3 is 0 Å². The summed E-state index contributed by atoms with van der Waals surface area (Å²) in [5, 5.41) is 12.7. The molecular formula is C50H69N3O6S. The lowest BCUT2D eigenvalue weighted by Crippen LogP contribution is -2.45. The van der Waals surface area contributed by atoms with Gasteiger partial charge in [-0.1, -0.05) is 162 Å². The van der Waals surface area contributed by atoms with E-state index in [2.05, 4.69) is 28.8 Å². The summed E-state index contributed by atoms with van der Waals surface area (Å²) in [6.07, 6.45) is 15.2. The van der Waals surface area contributed by atoms with Crippen molar-refractivity contribution in [2.24, 2.45) is 0 Å². The molecule has 0 bridgehead atoms. The molecule has 326 valence electrons. The molecule has 1 fully saturated rings. The average Bonchev–Trinajstić information content (AvgIpc) is 3.26. The fourth-order valence-corrected chi connectivity index (χ4v) is 9.01. The second-order valence-electron chi connectivity index (χ2n) is 16.5. The lowest BCUT2D eigenvalue weighted by Gasteiger charge is -2.38. The number of rotatable bonds is 26. The first kappa shape index (κ1) is 47.2. The van der Waals surface area contributed by atoms with Crippen LogP contribution in [0.4, 0.5) is 5.69 Å². The number of aliphatic hydroxyl groups is 1. The fraction of sp³-hybridized carbons (Fsp3) is 0.500. The van der Waals surface area contributed by atoms with Gasteiger partial charge in [0.05, 0.1) is 23.7 Å². The van der Waals surface area contributed by atoms with Crippen LogP contribution in [0.2, 0.25) is 0 Å². The quantitative estimate of drug-likeness (QED) is 0.0539. The van der Waals surface area contributed by atoms with Crippen molar-refractivity contribution in [2.45, 2.75) is 147 Å². The van der Waals surface area contributed by atoms with E-state index in [4.69, 9.17) is 9.47 Å². The zero-order chi connectivity index (χ0) is 42.6. The van der Waals surface area contributed by atoms with Crippen LogP contribution in [0.1, 0.15) is 138 Å². The molecule has 1 saturated heterocycles. The predicted molar refractivity (Wildman–Crippen MR) is 242 cm³/mol.